The first-order chi connectivity index (χ1) is 14.1. The molecule has 8 nitrogen and oxygen atoms in total. The van der Waals surface area contributed by atoms with E-state index in [4.69, 9.17) is 4.74 Å². The van der Waals surface area contributed by atoms with Crippen molar-refractivity contribution in [2.45, 2.75) is 64.1 Å². The molecule has 1 aliphatic heterocycles. The van der Waals surface area contributed by atoms with Crippen LogP contribution in [0.5, 0.6) is 0 Å². The number of alkyl carbamates (subject to hydrolysis) is 1. The highest BCUT2D eigenvalue weighted by molar-refractivity contribution is 5.68. The SMILES string of the molecule is CC(C)(C)OC(=O)NC1CCC(N2CCN(c3ccc([N+](=O)[O-])cc3F)CC2)CC1. The zero-order valence-electron chi connectivity index (χ0n) is 17.9. The molecule has 1 aliphatic carbocycles. The van der Waals surface area contributed by atoms with Gasteiger partial charge in [0.1, 0.15) is 5.60 Å². The normalized spacial score (nSPS) is 23.1. The Hall–Kier alpha value is -2.42. The van der Waals surface area contributed by atoms with Gasteiger partial charge < -0.3 is 15.0 Å². The molecule has 1 aromatic carbocycles. The maximum atomic E-state index is 14.3. The van der Waals surface area contributed by atoms with Crippen LogP contribution in [0.15, 0.2) is 18.2 Å². The second kappa shape index (κ2) is 9.16. The molecule has 1 heterocycles. The minimum atomic E-state index is -0.585. The zero-order chi connectivity index (χ0) is 21.9. The van der Waals surface area contributed by atoms with E-state index in [-0.39, 0.29) is 17.8 Å². The first-order valence-electron chi connectivity index (χ1n) is 10.5. The van der Waals surface area contributed by atoms with Crippen LogP contribution in [-0.4, -0.2) is 59.8 Å². The number of anilines is 1. The Labute approximate surface area is 176 Å². The van der Waals surface area contributed by atoms with Gasteiger partial charge in [0.15, 0.2) is 5.82 Å². The molecule has 2 fully saturated rings. The van der Waals surface area contributed by atoms with Crippen molar-refractivity contribution in [1.82, 2.24) is 10.2 Å². The van der Waals surface area contributed by atoms with Gasteiger partial charge in [-0.3, -0.25) is 15.0 Å². The number of hydrogen-bond donors (Lipinski definition) is 1. The Morgan fingerprint density at radius 3 is 2.33 bits per heavy atom. The van der Waals surface area contributed by atoms with Gasteiger partial charge >= 0.3 is 6.09 Å². The molecule has 0 bridgehead atoms. The van der Waals surface area contributed by atoms with Crippen LogP contribution < -0.4 is 10.2 Å². The Morgan fingerprint density at radius 1 is 1.17 bits per heavy atom. The van der Waals surface area contributed by atoms with E-state index >= 15 is 0 Å². The summed E-state index contributed by atoms with van der Waals surface area (Å²) in [6.07, 6.45) is 3.49. The molecule has 1 amide bonds. The molecular weight excluding hydrogens is 391 g/mol. The predicted molar refractivity (Wildman–Crippen MR) is 112 cm³/mol. The van der Waals surface area contributed by atoms with E-state index in [0.717, 1.165) is 44.8 Å². The number of halogens is 1. The van der Waals surface area contributed by atoms with Crippen LogP contribution in [0.1, 0.15) is 46.5 Å². The summed E-state index contributed by atoms with van der Waals surface area (Å²) < 4.78 is 19.6. The van der Waals surface area contributed by atoms with Crippen LogP contribution in [0.3, 0.4) is 0 Å². The molecule has 0 unspecified atom stereocenters. The molecule has 166 valence electrons. The van der Waals surface area contributed by atoms with E-state index in [2.05, 4.69) is 10.2 Å². The van der Waals surface area contributed by atoms with Crippen molar-refractivity contribution < 1.29 is 18.8 Å². The highest BCUT2D eigenvalue weighted by Crippen LogP contribution is 2.28. The van der Waals surface area contributed by atoms with Crippen molar-refractivity contribution in [3.05, 3.63) is 34.1 Å². The summed E-state index contributed by atoms with van der Waals surface area (Å²) in [4.78, 5) is 26.5. The van der Waals surface area contributed by atoms with Gasteiger partial charge in [0.2, 0.25) is 0 Å². The van der Waals surface area contributed by atoms with E-state index in [9.17, 15) is 19.3 Å². The van der Waals surface area contributed by atoms with Crippen molar-refractivity contribution >= 4 is 17.5 Å². The molecule has 9 heteroatoms. The third kappa shape index (κ3) is 5.81. The van der Waals surface area contributed by atoms with Crippen molar-refractivity contribution in [1.29, 1.82) is 0 Å². The molecule has 1 saturated carbocycles. The number of ether oxygens (including phenoxy) is 1. The molecule has 0 atom stereocenters. The lowest BCUT2D eigenvalue weighted by Crippen LogP contribution is -2.52. The average molecular weight is 423 g/mol. The number of non-ortho nitro benzene ring substituents is 1. The van der Waals surface area contributed by atoms with Crippen molar-refractivity contribution in [3.8, 4) is 0 Å². The third-order valence-corrected chi connectivity index (χ3v) is 5.73. The van der Waals surface area contributed by atoms with E-state index in [1.807, 2.05) is 25.7 Å². The van der Waals surface area contributed by atoms with Crippen LogP contribution >= 0.6 is 0 Å². The predicted octanol–water partition coefficient (Wildman–Crippen LogP) is 3.69. The van der Waals surface area contributed by atoms with Gasteiger partial charge in [0, 0.05) is 44.3 Å². The highest BCUT2D eigenvalue weighted by Gasteiger charge is 2.30. The monoisotopic (exact) mass is 422 g/mol. The first kappa shape index (κ1) is 22.3. The standard InChI is InChI=1S/C21H31FN4O4/c1-21(2,3)30-20(27)23-15-4-6-16(7-5-15)24-10-12-25(13-11-24)19-9-8-17(26(28)29)14-18(19)22/h8-9,14-16H,4-7,10-13H2,1-3H3,(H,23,27). The summed E-state index contributed by atoms with van der Waals surface area (Å²) in [5.41, 5.74) is -0.304. The fraction of sp³-hybridized carbons (Fsp3) is 0.667. The minimum absolute atomic E-state index is 0.145. The maximum Gasteiger partial charge on any atom is 0.407 e. The van der Waals surface area contributed by atoms with Gasteiger partial charge in [-0.15, -0.1) is 0 Å². The molecule has 1 saturated heterocycles. The van der Waals surface area contributed by atoms with Gasteiger partial charge in [0.25, 0.3) is 5.69 Å². The van der Waals surface area contributed by atoms with E-state index in [0.29, 0.717) is 24.8 Å². The number of piperazine rings is 1. The number of nitro benzene ring substituents is 1. The Bertz CT molecular complexity index is 767. The molecule has 0 aromatic heterocycles. The summed E-state index contributed by atoms with van der Waals surface area (Å²) in [5, 5.41) is 13.8. The van der Waals surface area contributed by atoms with Crippen LogP contribution in [0.25, 0.3) is 0 Å². The summed E-state index contributed by atoms with van der Waals surface area (Å²) in [6.45, 7) is 8.58. The number of hydrogen-bond acceptors (Lipinski definition) is 6. The molecule has 3 rings (SSSR count). The second-order valence-corrected chi connectivity index (χ2v) is 9.07. The summed E-state index contributed by atoms with van der Waals surface area (Å²) >= 11 is 0. The van der Waals surface area contributed by atoms with E-state index in [1.54, 1.807) is 0 Å². The lowest BCUT2D eigenvalue weighted by atomic mass is 9.90. The number of benzene rings is 1. The fourth-order valence-corrected chi connectivity index (χ4v) is 4.25. The molecular formula is C21H31FN4O4. The first-order valence-corrected chi connectivity index (χ1v) is 10.5. The van der Waals surface area contributed by atoms with Crippen LogP contribution in [0, 0.1) is 15.9 Å². The molecule has 0 radical (unpaired) electrons. The fourth-order valence-electron chi connectivity index (χ4n) is 4.25. The van der Waals surface area contributed by atoms with Gasteiger partial charge in [-0.2, -0.15) is 0 Å². The molecule has 1 aromatic rings. The lowest BCUT2D eigenvalue weighted by Gasteiger charge is -2.42. The van der Waals surface area contributed by atoms with E-state index < -0.39 is 16.3 Å². The molecule has 30 heavy (non-hydrogen) atoms. The molecule has 1 N–H and O–H groups in total. The second-order valence-electron chi connectivity index (χ2n) is 9.07. The van der Waals surface area contributed by atoms with Gasteiger partial charge in [-0.25, -0.2) is 9.18 Å². The van der Waals surface area contributed by atoms with Gasteiger partial charge in [-0.1, -0.05) is 0 Å². The number of nitrogens with zero attached hydrogens (tertiary/aromatic N) is 3. The third-order valence-electron chi connectivity index (χ3n) is 5.73. The highest BCUT2D eigenvalue weighted by atomic mass is 19.1. The number of nitro groups is 1. The molecule has 2 aliphatic rings. The Kier molecular flexibility index (Phi) is 6.80. The zero-order valence-corrected chi connectivity index (χ0v) is 17.9. The quantitative estimate of drug-likeness (QED) is 0.588. The van der Waals surface area contributed by atoms with Crippen molar-refractivity contribution in [2.24, 2.45) is 0 Å². The van der Waals surface area contributed by atoms with E-state index in [1.165, 1.54) is 12.1 Å². The Balaban J connectivity index is 1.45. The average Bonchev–Trinajstić information content (AvgIpc) is 2.67. The summed E-state index contributed by atoms with van der Waals surface area (Å²) in [5.74, 6) is -0.550. The topological polar surface area (TPSA) is 88.0 Å². The number of nitrogens with one attached hydrogen (secondary N) is 1. The summed E-state index contributed by atoms with van der Waals surface area (Å²) in [6, 6.07) is 4.44. The van der Waals surface area contributed by atoms with Crippen LogP contribution in [0.2, 0.25) is 0 Å². The number of carbonyl (C=O) groups excluding carboxylic acids is 1. The lowest BCUT2D eigenvalue weighted by molar-refractivity contribution is -0.385. The number of carbonyl (C=O) groups is 1. The van der Waals surface area contributed by atoms with Crippen LogP contribution in [0.4, 0.5) is 20.6 Å². The largest absolute Gasteiger partial charge is 0.444 e. The van der Waals surface area contributed by atoms with Crippen LogP contribution in [-0.2, 0) is 4.74 Å². The smallest absolute Gasteiger partial charge is 0.407 e. The van der Waals surface area contributed by atoms with Gasteiger partial charge in [0.05, 0.1) is 16.7 Å². The van der Waals surface area contributed by atoms with Gasteiger partial charge in [-0.05, 0) is 52.5 Å². The summed E-state index contributed by atoms with van der Waals surface area (Å²) in [7, 11) is 0. The van der Waals surface area contributed by atoms with Crippen molar-refractivity contribution in [2.75, 3.05) is 31.1 Å². The Morgan fingerprint density at radius 2 is 1.80 bits per heavy atom. The number of amides is 1. The maximum absolute atomic E-state index is 14.3. The van der Waals surface area contributed by atoms with Crippen molar-refractivity contribution in [3.63, 3.8) is 0 Å². The minimum Gasteiger partial charge on any atom is -0.444 e. The number of rotatable bonds is 4. The molecule has 0 spiro atoms.